The number of carbonyl (C=O) groups is 1. The van der Waals surface area contributed by atoms with E-state index in [1.165, 1.54) is 44.6 Å². The van der Waals surface area contributed by atoms with Gasteiger partial charge in [-0.15, -0.1) is 0 Å². The predicted molar refractivity (Wildman–Crippen MR) is 134 cm³/mol. The van der Waals surface area contributed by atoms with Gasteiger partial charge in [0, 0.05) is 27.7 Å². The second-order valence-corrected chi connectivity index (χ2v) is 10.3. The first-order valence-electron chi connectivity index (χ1n) is 9.85. The van der Waals surface area contributed by atoms with E-state index in [4.69, 9.17) is 44.3 Å². The van der Waals surface area contributed by atoms with Crippen molar-refractivity contribution in [2.45, 2.75) is 11.4 Å². The number of benzene rings is 3. The Hall–Kier alpha value is -2.49. The molecule has 3 aromatic carbocycles. The molecule has 11 heteroatoms. The third kappa shape index (κ3) is 6.34. The normalized spacial score (nSPS) is 11.4. The van der Waals surface area contributed by atoms with Crippen LogP contribution in [0.2, 0.25) is 15.1 Å². The topological polar surface area (TPSA) is 84.9 Å². The van der Waals surface area contributed by atoms with E-state index >= 15 is 0 Å². The highest BCUT2D eigenvalue weighted by atomic mass is 35.5. The molecular weight excluding hydrogens is 523 g/mol. The summed E-state index contributed by atoms with van der Waals surface area (Å²) in [6.07, 6.45) is 0. The summed E-state index contributed by atoms with van der Waals surface area (Å²) in [5.74, 6) is 0.297. The highest BCUT2D eigenvalue weighted by Crippen LogP contribution is 2.30. The monoisotopic (exact) mass is 542 g/mol. The molecule has 0 fully saturated rings. The van der Waals surface area contributed by atoms with Gasteiger partial charge in [0.2, 0.25) is 15.9 Å². The molecule has 1 amide bonds. The van der Waals surface area contributed by atoms with Crippen LogP contribution in [0.4, 0.5) is 5.69 Å². The van der Waals surface area contributed by atoms with Gasteiger partial charge in [0.25, 0.3) is 0 Å². The van der Waals surface area contributed by atoms with Crippen LogP contribution in [0.1, 0.15) is 5.56 Å². The summed E-state index contributed by atoms with van der Waals surface area (Å²) in [5, 5.41) is 3.75. The average molecular weight is 544 g/mol. The van der Waals surface area contributed by atoms with Crippen LogP contribution in [0.15, 0.2) is 65.6 Å². The number of halogens is 3. The number of ether oxygens (including phenoxy) is 2. The molecule has 0 saturated carbocycles. The van der Waals surface area contributed by atoms with Crippen LogP contribution in [-0.2, 0) is 21.4 Å². The SMILES string of the molecule is COc1ccc(OC)c(NC(=O)CN(Cc2ccc(Cl)cc2Cl)S(=O)(=O)c2ccc(Cl)cc2)c1. The minimum Gasteiger partial charge on any atom is -0.497 e. The first-order valence-corrected chi connectivity index (χ1v) is 12.4. The zero-order valence-corrected chi connectivity index (χ0v) is 21.3. The molecule has 0 atom stereocenters. The predicted octanol–water partition coefficient (Wildman–Crippen LogP) is 5.49. The van der Waals surface area contributed by atoms with Gasteiger partial charge < -0.3 is 14.8 Å². The van der Waals surface area contributed by atoms with E-state index in [2.05, 4.69) is 5.32 Å². The highest BCUT2D eigenvalue weighted by Gasteiger charge is 2.28. The number of methoxy groups -OCH3 is 2. The fourth-order valence-corrected chi connectivity index (χ4v) is 5.05. The van der Waals surface area contributed by atoms with Gasteiger partial charge in [0.05, 0.1) is 31.3 Å². The Labute approximate surface area is 213 Å². The molecule has 0 bridgehead atoms. The van der Waals surface area contributed by atoms with Gasteiger partial charge in [-0.1, -0.05) is 40.9 Å². The Bertz CT molecular complexity index is 1280. The summed E-state index contributed by atoms with van der Waals surface area (Å²) < 4.78 is 38.3. The summed E-state index contributed by atoms with van der Waals surface area (Å²) in [6, 6.07) is 15.3. The van der Waals surface area contributed by atoms with Gasteiger partial charge in [-0.3, -0.25) is 4.79 Å². The van der Waals surface area contributed by atoms with E-state index in [1.54, 1.807) is 30.3 Å². The number of nitrogens with one attached hydrogen (secondary N) is 1. The Morgan fingerprint density at radius 3 is 2.21 bits per heavy atom. The van der Waals surface area contributed by atoms with E-state index in [9.17, 15) is 13.2 Å². The molecule has 3 rings (SSSR count). The van der Waals surface area contributed by atoms with Crippen molar-refractivity contribution >= 4 is 56.4 Å². The van der Waals surface area contributed by atoms with Gasteiger partial charge in [0.1, 0.15) is 11.5 Å². The van der Waals surface area contributed by atoms with Gasteiger partial charge in [-0.2, -0.15) is 4.31 Å². The molecule has 0 heterocycles. The molecule has 0 unspecified atom stereocenters. The van der Waals surface area contributed by atoms with Crippen LogP contribution >= 0.6 is 34.8 Å². The van der Waals surface area contributed by atoms with E-state index in [0.717, 1.165) is 4.31 Å². The Morgan fingerprint density at radius 1 is 0.912 bits per heavy atom. The maximum Gasteiger partial charge on any atom is 0.243 e. The van der Waals surface area contributed by atoms with Crippen LogP contribution in [0.3, 0.4) is 0 Å². The molecule has 0 spiro atoms. The second-order valence-electron chi connectivity index (χ2n) is 7.08. The molecule has 7 nitrogen and oxygen atoms in total. The van der Waals surface area contributed by atoms with Crippen molar-refractivity contribution < 1.29 is 22.7 Å². The molecule has 0 aromatic heterocycles. The number of rotatable bonds is 9. The number of carbonyl (C=O) groups excluding carboxylic acids is 1. The maximum absolute atomic E-state index is 13.4. The zero-order chi connectivity index (χ0) is 24.9. The van der Waals surface area contributed by atoms with Crippen molar-refractivity contribution in [3.63, 3.8) is 0 Å². The molecule has 0 radical (unpaired) electrons. The molecular formula is C23H21Cl3N2O5S. The van der Waals surface area contributed by atoms with Gasteiger partial charge >= 0.3 is 0 Å². The van der Waals surface area contributed by atoms with Crippen molar-refractivity contribution in [3.8, 4) is 11.5 Å². The molecule has 0 aliphatic carbocycles. The van der Waals surface area contributed by atoms with E-state index < -0.39 is 22.5 Å². The number of nitrogens with zero attached hydrogens (tertiary/aromatic N) is 1. The third-order valence-electron chi connectivity index (χ3n) is 4.81. The molecule has 1 N–H and O–H groups in total. The van der Waals surface area contributed by atoms with Crippen LogP contribution in [-0.4, -0.2) is 39.4 Å². The number of hydrogen-bond acceptors (Lipinski definition) is 5. The maximum atomic E-state index is 13.4. The van der Waals surface area contributed by atoms with Gasteiger partial charge in [-0.25, -0.2) is 8.42 Å². The van der Waals surface area contributed by atoms with E-state index in [0.29, 0.717) is 32.8 Å². The Morgan fingerprint density at radius 2 is 1.59 bits per heavy atom. The minimum atomic E-state index is -4.09. The van der Waals surface area contributed by atoms with Gasteiger partial charge in [-0.05, 0) is 54.1 Å². The lowest BCUT2D eigenvalue weighted by Crippen LogP contribution is -2.37. The first kappa shape index (κ1) is 26.1. The first-order chi connectivity index (χ1) is 16.1. The molecule has 0 aliphatic heterocycles. The van der Waals surface area contributed by atoms with Crippen molar-refractivity contribution in [2.24, 2.45) is 0 Å². The molecule has 0 aliphatic rings. The zero-order valence-electron chi connectivity index (χ0n) is 18.2. The fraction of sp³-hybridized carbons (Fsp3) is 0.174. The Kier molecular flexibility index (Phi) is 8.67. The molecule has 0 saturated heterocycles. The van der Waals surface area contributed by atoms with Gasteiger partial charge in [0.15, 0.2) is 0 Å². The van der Waals surface area contributed by atoms with Crippen LogP contribution in [0.25, 0.3) is 0 Å². The number of anilines is 1. The van der Waals surface area contributed by atoms with Crippen molar-refractivity contribution in [1.82, 2.24) is 4.31 Å². The minimum absolute atomic E-state index is 0.0197. The van der Waals surface area contributed by atoms with Crippen LogP contribution in [0, 0.1) is 0 Å². The summed E-state index contributed by atoms with van der Waals surface area (Å²) in [5.41, 5.74) is 0.815. The summed E-state index contributed by atoms with van der Waals surface area (Å²) in [6.45, 7) is -0.659. The molecule has 180 valence electrons. The number of hydrogen-bond donors (Lipinski definition) is 1. The molecule has 3 aromatic rings. The highest BCUT2D eigenvalue weighted by molar-refractivity contribution is 7.89. The van der Waals surface area contributed by atoms with Crippen LogP contribution < -0.4 is 14.8 Å². The number of sulfonamides is 1. The Balaban J connectivity index is 1.93. The largest absolute Gasteiger partial charge is 0.497 e. The third-order valence-corrected chi connectivity index (χ3v) is 7.46. The van der Waals surface area contributed by atoms with Crippen molar-refractivity contribution in [2.75, 3.05) is 26.1 Å². The van der Waals surface area contributed by atoms with E-state index in [-0.39, 0.29) is 16.5 Å². The quantitative estimate of drug-likeness (QED) is 0.386. The number of amides is 1. The lowest BCUT2D eigenvalue weighted by atomic mass is 10.2. The lowest BCUT2D eigenvalue weighted by Gasteiger charge is -2.23. The standard InChI is InChI=1S/C23H21Cl3N2O5S/c1-32-18-7-10-22(33-2)21(12-18)27-23(29)14-28(13-15-3-4-17(25)11-20(15)26)34(30,31)19-8-5-16(24)6-9-19/h3-12H,13-14H2,1-2H3,(H,27,29). The van der Waals surface area contributed by atoms with Crippen molar-refractivity contribution in [1.29, 1.82) is 0 Å². The summed E-state index contributed by atoms with van der Waals surface area (Å²) in [4.78, 5) is 12.9. The van der Waals surface area contributed by atoms with Crippen LogP contribution in [0.5, 0.6) is 11.5 Å². The molecule has 34 heavy (non-hydrogen) atoms. The summed E-state index contributed by atoms with van der Waals surface area (Å²) in [7, 11) is -1.15. The fourth-order valence-electron chi connectivity index (χ4n) is 3.08. The average Bonchev–Trinajstić information content (AvgIpc) is 2.80. The lowest BCUT2D eigenvalue weighted by molar-refractivity contribution is -0.116. The van der Waals surface area contributed by atoms with E-state index in [1.807, 2.05) is 0 Å². The van der Waals surface area contributed by atoms with Crippen molar-refractivity contribution in [3.05, 3.63) is 81.3 Å². The second kappa shape index (κ2) is 11.3. The summed E-state index contributed by atoms with van der Waals surface area (Å²) >= 11 is 18.2. The smallest absolute Gasteiger partial charge is 0.243 e.